The maximum absolute atomic E-state index is 11.9. The normalized spacial score (nSPS) is 12.0. The predicted molar refractivity (Wildman–Crippen MR) is 101 cm³/mol. The second kappa shape index (κ2) is 15.5. The zero-order valence-electron chi connectivity index (χ0n) is 17.6. The van der Waals surface area contributed by atoms with Gasteiger partial charge in [-0.2, -0.15) is 5.48 Å². The maximum Gasteiger partial charge on any atom is 0.345 e. The van der Waals surface area contributed by atoms with E-state index >= 15 is 0 Å². The number of hydrogen-bond acceptors (Lipinski definition) is 11. The molecule has 0 saturated heterocycles. The summed E-state index contributed by atoms with van der Waals surface area (Å²) in [6.07, 6.45) is -1.03. The first-order valence-electron chi connectivity index (χ1n) is 9.58. The van der Waals surface area contributed by atoms with E-state index < -0.39 is 29.6 Å². The Hall–Kier alpha value is -2.28. The Labute approximate surface area is 175 Å². The van der Waals surface area contributed by atoms with Gasteiger partial charge in [-0.1, -0.05) is 4.99 Å². The van der Waals surface area contributed by atoms with Gasteiger partial charge in [-0.05, 0) is 20.8 Å². The lowest BCUT2D eigenvalue weighted by Crippen LogP contribution is -2.34. The number of amides is 1. The fourth-order valence-corrected chi connectivity index (χ4v) is 2.33. The number of esters is 2. The molecule has 0 aliphatic rings. The smallest absolute Gasteiger partial charge is 0.345 e. The number of aliphatic hydroxyl groups is 2. The average molecular weight is 436 g/mol. The lowest BCUT2D eigenvalue weighted by atomic mass is 10.0. The van der Waals surface area contributed by atoms with Crippen LogP contribution in [0.4, 0.5) is 0 Å². The fourth-order valence-electron chi connectivity index (χ4n) is 2.33. The van der Waals surface area contributed by atoms with Crippen LogP contribution in [0.15, 0.2) is 0 Å². The van der Waals surface area contributed by atoms with E-state index in [0.717, 1.165) is 0 Å². The van der Waals surface area contributed by atoms with Gasteiger partial charge < -0.3 is 25.0 Å². The van der Waals surface area contributed by atoms with Crippen LogP contribution in [0.1, 0.15) is 52.9 Å². The van der Waals surface area contributed by atoms with Gasteiger partial charge in [0.2, 0.25) is 5.91 Å². The molecule has 0 aromatic rings. The standard InChI is InChI=1S/C18H32N2O10/c1-13(27-15(24)5-4-14(23)19-8-10-21)12-18(2,3)28-16(25)6-7-17(26)29-30-20-9-11-22/h13,20-22H,4-12H2,1-3H3,(H,19,23). The number of carbonyl (C=O) groups excluding carboxylic acids is 4. The number of hydroxylamine groups is 1. The highest BCUT2D eigenvalue weighted by molar-refractivity contribution is 5.81. The van der Waals surface area contributed by atoms with Gasteiger partial charge in [0.05, 0.1) is 32.5 Å². The van der Waals surface area contributed by atoms with Gasteiger partial charge in [0.15, 0.2) is 0 Å². The van der Waals surface area contributed by atoms with Crippen molar-refractivity contribution >= 4 is 23.8 Å². The van der Waals surface area contributed by atoms with Crippen LogP contribution in [0, 0.1) is 0 Å². The molecule has 0 aromatic heterocycles. The van der Waals surface area contributed by atoms with Crippen molar-refractivity contribution in [1.29, 1.82) is 0 Å². The van der Waals surface area contributed by atoms with Crippen LogP contribution in [0.5, 0.6) is 0 Å². The van der Waals surface area contributed by atoms with Gasteiger partial charge in [0.1, 0.15) is 11.7 Å². The quantitative estimate of drug-likeness (QED) is 0.104. The van der Waals surface area contributed by atoms with Crippen LogP contribution in [0.2, 0.25) is 0 Å². The van der Waals surface area contributed by atoms with Gasteiger partial charge in [0.25, 0.3) is 0 Å². The van der Waals surface area contributed by atoms with Crippen LogP contribution >= 0.6 is 0 Å². The monoisotopic (exact) mass is 436 g/mol. The molecule has 30 heavy (non-hydrogen) atoms. The van der Waals surface area contributed by atoms with Crippen LogP contribution in [-0.2, 0) is 38.5 Å². The minimum absolute atomic E-state index is 0.0563. The number of nitrogens with one attached hydrogen (secondary N) is 2. The number of carbonyl (C=O) groups is 4. The second-order valence-corrected chi connectivity index (χ2v) is 6.97. The van der Waals surface area contributed by atoms with Gasteiger partial charge >= 0.3 is 17.9 Å². The van der Waals surface area contributed by atoms with E-state index in [4.69, 9.17) is 19.7 Å². The van der Waals surface area contributed by atoms with Crippen molar-refractivity contribution in [1.82, 2.24) is 10.8 Å². The molecule has 4 N–H and O–H groups in total. The first kappa shape index (κ1) is 27.7. The molecule has 1 atom stereocenters. The second-order valence-electron chi connectivity index (χ2n) is 6.97. The molecule has 0 aliphatic heterocycles. The average Bonchev–Trinajstić information content (AvgIpc) is 2.65. The summed E-state index contributed by atoms with van der Waals surface area (Å²) in [5.74, 6) is -2.36. The molecule has 0 saturated carbocycles. The minimum atomic E-state index is -0.960. The molecule has 0 spiro atoms. The summed E-state index contributed by atoms with van der Waals surface area (Å²) in [5, 5.41) is 19.6. The molecule has 12 heteroatoms. The fraction of sp³-hybridized carbons (Fsp3) is 0.778. The van der Waals surface area contributed by atoms with E-state index in [1.54, 1.807) is 20.8 Å². The summed E-state index contributed by atoms with van der Waals surface area (Å²) in [5.41, 5.74) is 1.21. The van der Waals surface area contributed by atoms with Gasteiger partial charge in [-0.3, -0.25) is 19.3 Å². The predicted octanol–water partition coefficient (Wildman–Crippen LogP) is -0.729. The van der Waals surface area contributed by atoms with E-state index in [-0.39, 0.29) is 64.3 Å². The molecule has 0 heterocycles. The van der Waals surface area contributed by atoms with E-state index in [0.29, 0.717) is 0 Å². The number of ether oxygens (including phenoxy) is 2. The lowest BCUT2D eigenvalue weighted by Gasteiger charge is -2.28. The van der Waals surface area contributed by atoms with Crippen molar-refractivity contribution in [3.8, 4) is 0 Å². The van der Waals surface area contributed by atoms with E-state index in [1.807, 2.05) is 0 Å². The molecule has 0 rings (SSSR count). The van der Waals surface area contributed by atoms with Gasteiger partial charge in [-0.15, -0.1) is 0 Å². The molecular formula is C18H32N2O10. The molecule has 0 aliphatic carbocycles. The summed E-state index contributed by atoms with van der Waals surface area (Å²) >= 11 is 0. The molecular weight excluding hydrogens is 404 g/mol. The third kappa shape index (κ3) is 15.6. The first-order valence-corrected chi connectivity index (χ1v) is 9.58. The summed E-state index contributed by atoms with van der Waals surface area (Å²) < 4.78 is 10.5. The highest BCUT2D eigenvalue weighted by atomic mass is 17.3. The Morgan fingerprint density at radius 3 is 2.13 bits per heavy atom. The van der Waals surface area contributed by atoms with Crippen LogP contribution in [-0.4, -0.2) is 72.0 Å². The highest BCUT2D eigenvalue weighted by Crippen LogP contribution is 2.20. The highest BCUT2D eigenvalue weighted by Gasteiger charge is 2.27. The molecule has 174 valence electrons. The molecule has 1 amide bonds. The zero-order valence-corrected chi connectivity index (χ0v) is 17.6. The van der Waals surface area contributed by atoms with Crippen LogP contribution < -0.4 is 10.8 Å². The Bertz CT molecular complexity index is 553. The van der Waals surface area contributed by atoms with Crippen molar-refractivity contribution in [2.24, 2.45) is 0 Å². The summed E-state index contributed by atoms with van der Waals surface area (Å²) in [7, 11) is 0. The summed E-state index contributed by atoms with van der Waals surface area (Å²) in [6.45, 7) is 4.71. The Balaban J connectivity index is 4.15. The van der Waals surface area contributed by atoms with Crippen molar-refractivity contribution in [3.05, 3.63) is 0 Å². The number of aliphatic hydroxyl groups excluding tert-OH is 2. The van der Waals surface area contributed by atoms with E-state index in [1.165, 1.54) is 0 Å². The summed E-state index contributed by atoms with van der Waals surface area (Å²) in [4.78, 5) is 55.1. The van der Waals surface area contributed by atoms with Crippen LogP contribution in [0.25, 0.3) is 0 Å². The van der Waals surface area contributed by atoms with Crippen molar-refractivity contribution in [2.45, 2.75) is 64.6 Å². The van der Waals surface area contributed by atoms with Gasteiger partial charge in [0, 0.05) is 25.9 Å². The van der Waals surface area contributed by atoms with Crippen molar-refractivity contribution in [3.63, 3.8) is 0 Å². The molecule has 1 unspecified atom stereocenters. The van der Waals surface area contributed by atoms with Crippen molar-refractivity contribution in [2.75, 3.05) is 26.3 Å². The van der Waals surface area contributed by atoms with Gasteiger partial charge in [-0.25, -0.2) is 4.79 Å². The Morgan fingerprint density at radius 2 is 1.50 bits per heavy atom. The molecule has 0 radical (unpaired) electrons. The topological polar surface area (TPSA) is 170 Å². The number of hydrogen-bond donors (Lipinski definition) is 4. The molecule has 0 fully saturated rings. The Morgan fingerprint density at radius 1 is 0.900 bits per heavy atom. The lowest BCUT2D eigenvalue weighted by molar-refractivity contribution is -0.309. The molecule has 0 aromatic carbocycles. The molecule has 0 bridgehead atoms. The maximum atomic E-state index is 11.9. The third-order valence-electron chi connectivity index (χ3n) is 3.43. The summed E-state index contributed by atoms with van der Waals surface area (Å²) in [6, 6.07) is 0. The minimum Gasteiger partial charge on any atom is -0.462 e. The van der Waals surface area contributed by atoms with Crippen LogP contribution in [0.3, 0.4) is 0 Å². The van der Waals surface area contributed by atoms with E-state index in [9.17, 15) is 19.2 Å². The number of rotatable bonds is 16. The zero-order chi connectivity index (χ0) is 23.0. The third-order valence-corrected chi connectivity index (χ3v) is 3.43. The van der Waals surface area contributed by atoms with E-state index in [2.05, 4.69) is 20.7 Å². The Kier molecular flexibility index (Phi) is 14.4. The first-order chi connectivity index (χ1) is 14.1. The largest absolute Gasteiger partial charge is 0.462 e. The van der Waals surface area contributed by atoms with Crippen molar-refractivity contribution < 1.29 is 48.7 Å². The molecule has 12 nitrogen and oxygen atoms in total. The SMILES string of the molecule is CC(CC(C)(C)OC(=O)CCC(=O)OONCCO)OC(=O)CCC(=O)NCCO.